The Morgan fingerprint density at radius 3 is 2.74 bits per heavy atom. The van der Waals surface area contributed by atoms with Crippen LogP contribution in [0.5, 0.6) is 0 Å². The molecule has 0 fully saturated rings. The maximum Gasteiger partial charge on any atom is 0.352 e. The number of carboxylic acids is 1. The number of para-hydroxylation sites is 1. The molecule has 0 bridgehead atoms. The Morgan fingerprint density at radius 2 is 2.04 bits per heavy atom. The van der Waals surface area contributed by atoms with E-state index in [-0.39, 0.29) is 16.3 Å². The van der Waals surface area contributed by atoms with Gasteiger partial charge >= 0.3 is 5.97 Å². The van der Waals surface area contributed by atoms with Crippen molar-refractivity contribution in [3.05, 3.63) is 54.0 Å². The summed E-state index contributed by atoms with van der Waals surface area (Å²) in [5.74, 6) is -1.11. The fourth-order valence-electron chi connectivity index (χ4n) is 2.31. The van der Waals surface area contributed by atoms with Crippen LogP contribution in [0.4, 0.5) is 5.69 Å². The lowest BCUT2D eigenvalue weighted by Gasteiger charge is -2.10. The molecule has 23 heavy (non-hydrogen) atoms. The summed E-state index contributed by atoms with van der Waals surface area (Å²) in [7, 11) is -3.83. The van der Waals surface area contributed by atoms with Gasteiger partial charge in [-0.1, -0.05) is 12.1 Å². The predicted molar refractivity (Wildman–Crippen MR) is 85.0 cm³/mol. The largest absolute Gasteiger partial charge is 0.477 e. The van der Waals surface area contributed by atoms with E-state index in [1.165, 1.54) is 18.3 Å². The monoisotopic (exact) mass is 331 g/mol. The van der Waals surface area contributed by atoms with Gasteiger partial charge in [0.25, 0.3) is 10.0 Å². The van der Waals surface area contributed by atoms with E-state index in [1.807, 2.05) is 0 Å². The third-order valence-electron chi connectivity index (χ3n) is 3.38. The average Bonchev–Trinajstić information content (AvgIpc) is 2.92. The van der Waals surface area contributed by atoms with Gasteiger partial charge in [-0.3, -0.25) is 9.71 Å². The van der Waals surface area contributed by atoms with Crippen molar-refractivity contribution in [2.75, 3.05) is 4.72 Å². The first-order valence-corrected chi connectivity index (χ1v) is 8.16. The van der Waals surface area contributed by atoms with Gasteiger partial charge in [0.15, 0.2) is 0 Å². The summed E-state index contributed by atoms with van der Waals surface area (Å²) in [6.45, 7) is 1.60. The fraction of sp³-hybridized carbons (Fsp3) is 0.0667. The number of hydrogen-bond acceptors (Lipinski definition) is 4. The van der Waals surface area contributed by atoms with Crippen molar-refractivity contribution < 1.29 is 18.3 Å². The quantitative estimate of drug-likeness (QED) is 0.679. The van der Waals surface area contributed by atoms with E-state index in [0.717, 1.165) is 0 Å². The molecule has 1 aromatic carbocycles. The number of rotatable bonds is 4. The molecule has 0 unspecified atom stereocenters. The first-order chi connectivity index (χ1) is 10.9. The normalized spacial score (nSPS) is 11.5. The maximum atomic E-state index is 12.5. The van der Waals surface area contributed by atoms with E-state index in [0.29, 0.717) is 16.6 Å². The summed E-state index contributed by atoms with van der Waals surface area (Å²) >= 11 is 0. The molecule has 0 saturated heterocycles. The van der Waals surface area contributed by atoms with Crippen LogP contribution in [0.1, 0.15) is 16.2 Å². The minimum absolute atomic E-state index is 0.00999. The number of aromatic carboxylic acids is 1. The Kier molecular flexibility index (Phi) is 3.53. The molecular formula is C15H13N3O4S. The Hall–Kier alpha value is -2.87. The highest BCUT2D eigenvalue weighted by Crippen LogP contribution is 2.26. The van der Waals surface area contributed by atoms with Gasteiger partial charge in [-0.15, -0.1) is 0 Å². The van der Waals surface area contributed by atoms with Gasteiger partial charge in [0.2, 0.25) is 0 Å². The number of anilines is 1. The van der Waals surface area contributed by atoms with Gasteiger partial charge in [-0.2, -0.15) is 0 Å². The van der Waals surface area contributed by atoms with Crippen LogP contribution in [0.15, 0.2) is 47.5 Å². The van der Waals surface area contributed by atoms with E-state index < -0.39 is 16.0 Å². The van der Waals surface area contributed by atoms with Crippen molar-refractivity contribution in [1.82, 2.24) is 9.97 Å². The maximum absolute atomic E-state index is 12.5. The van der Waals surface area contributed by atoms with Gasteiger partial charge in [-0.25, -0.2) is 13.2 Å². The Bertz CT molecular complexity index is 1010. The molecule has 0 radical (unpaired) electrons. The number of aryl methyl sites for hydroxylation is 1. The molecule has 0 aliphatic rings. The highest BCUT2D eigenvalue weighted by Gasteiger charge is 2.19. The lowest BCUT2D eigenvalue weighted by Crippen LogP contribution is -2.15. The minimum atomic E-state index is -3.83. The average molecular weight is 331 g/mol. The molecule has 0 aliphatic carbocycles. The van der Waals surface area contributed by atoms with Crippen molar-refractivity contribution in [1.29, 1.82) is 0 Å². The second-order valence-electron chi connectivity index (χ2n) is 4.95. The standard InChI is InChI=1S/C15H13N3O4S/c1-9-13(6-3-7-16-9)23(21,22)18-11-5-2-4-10-8-12(15(19)20)17-14(10)11/h2-8,17-18H,1H3,(H,19,20). The molecule has 0 amide bonds. The van der Waals surface area contributed by atoms with Gasteiger partial charge in [0, 0.05) is 11.6 Å². The van der Waals surface area contributed by atoms with Crippen molar-refractivity contribution >= 4 is 32.6 Å². The third-order valence-corrected chi connectivity index (χ3v) is 4.88. The van der Waals surface area contributed by atoms with Gasteiger partial charge in [0.1, 0.15) is 10.6 Å². The topological polar surface area (TPSA) is 112 Å². The number of hydrogen-bond donors (Lipinski definition) is 3. The molecule has 7 nitrogen and oxygen atoms in total. The molecule has 8 heteroatoms. The van der Waals surface area contributed by atoms with Gasteiger partial charge in [0.05, 0.1) is 16.9 Å². The number of aromatic nitrogens is 2. The third kappa shape index (κ3) is 2.76. The molecular weight excluding hydrogens is 318 g/mol. The van der Waals surface area contributed by atoms with Gasteiger partial charge in [-0.05, 0) is 31.2 Å². The fourth-order valence-corrected chi connectivity index (χ4v) is 3.58. The minimum Gasteiger partial charge on any atom is -0.477 e. The van der Waals surface area contributed by atoms with Crippen LogP contribution in [-0.4, -0.2) is 29.5 Å². The summed E-state index contributed by atoms with van der Waals surface area (Å²) in [4.78, 5) is 17.8. The van der Waals surface area contributed by atoms with E-state index in [4.69, 9.17) is 5.11 Å². The van der Waals surface area contributed by atoms with Crippen molar-refractivity contribution in [3.63, 3.8) is 0 Å². The number of pyridine rings is 1. The molecule has 0 saturated carbocycles. The molecule has 118 valence electrons. The SMILES string of the molecule is Cc1ncccc1S(=O)(=O)Nc1cccc2cc(C(=O)O)[nH]c12. The second kappa shape index (κ2) is 5.40. The van der Waals surface area contributed by atoms with E-state index in [2.05, 4.69) is 14.7 Å². The number of carbonyl (C=O) groups is 1. The first kappa shape index (κ1) is 15.0. The molecule has 2 heterocycles. The highest BCUT2D eigenvalue weighted by atomic mass is 32.2. The smallest absolute Gasteiger partial charge is 0.352 e. The molecule has 3 aromatic rings. The van der Waals surface area contributed by atoms with Crippen LogP contribution in [-0.2, 0) is 10.0 Å². The zero-order valence-electron chi connectivity index (χ0n) is 12.1. The van der Waals surface area contributed by atoms with Crippen LogP contribution in [0.2, 0.25) is 0 Å². The van der Waals surface area contributed by atoms with Crippen LogP contribution < -0.4 is 4.72 Å². The number of nitrogens with zero attached hydrogens (tertiary/aromatic N) is 1. The van der Waals surface area contributed by atoms with Crippen LogP contribution in [0, 0.1) is 6.92 Å². The number of carboxylic acid groups (broad SMARTS) is 1. The summed E-state index contributed by atoms with van der Waals surface area (Å²) in [5.41, 5.74) is 1.06. The van der Waals surface area contributed by atoms with E-state index in [1.54, 1.807) is 31.2 Å². The number of fused-ring (bicyclic) bond motifs is 1. The number of aromatic amines is 1. The van der Waals surface area contributed by atoms with E-state index in [9.17, 15) is 13.2 Å². The van der Waals surface area contributed by atoms with Crippen molar-refractivity contribution in [3.8, 4) is 0 Å². The zero-order valence-corrected chi connectivity index (χ0v) is 12.9. The lowest BCUT2D eigenvalue weighted by molar-refractivity contribution is 0.0691. The molecule has 3 N–H and O–H groups in total. The molecule has 2 aromatic heterocycles. The first-order valence-electron chi connectivity index (χ1n) is 6.68. The van der Waals surface area contributed by atoms with E-state index >= 15 is 0 Å². The Balaban J connectivity index is 2.08. The summed E-state index contributed by atoms with van der Waals surface area (Å²) in [6.07, 6.45) is 1.51. The highest BCUT2D eigenvalue weighted by molar-refractivity contribution is 7.92. The van der Waals surface area contributed by atoms with Gasteiger partial charge < -0.3 is 10.1 Å². The summed E-state index contributed by atoms with van der Waals surface area (Å²) in [6, 6.07) is 9.36. The van der Waals surface area contributed by atoms with Crippen LogP contribution in [0.25, 0.3) is 10.9 Å². The summed E-state index contributed by atoms with van der Waals surface area (Å²) < 4.78 is 27.5. The number of nitrogens with one attached hydrogen (secondary N) is 2. The Labute approximate surface area is 132 Å². The molecule has 0 spiro atoms. The number of benzene rings is 1. The second-order valence-corrected chi connectivity index (χ2v) is 6.60. The van der Waals surface area contributed by atoms with Crippen LogP contribution >= 0.6 is 0 Å². The predicted octanol–water partition coefficient (Wildman–Crippen LogP) is 2.37. The Morgan fingerprint density at radius 1 is 1.26 bits per heavy atom. The van der Waals surface area contributed by atoms with Crippen LogP contribution in [0.3, 0.4) is 0 Å². The summed E-state index contributed by atoms with van der Waals surface area (Å²) in [5, 5.41) is 9.65. The van der Waals surface area contributed by atoms with Crippen molar-refractivity contribution in [2.45, 2.75) is 11.8 Å². The molecule has 3 rings (SSSR count). The molecule has 0 atom stereocenters. The number of sulfonamides is 1. The number of H-pyrrole nitrogens is 1. The van der Waals surface area contributed by atoms with Crippen molar-refractivity contribution in [2.24, 2.45) is 0 Å². The molecule has 0 aliphatic heterocycles. The lowest BCUT2D eigenvalue weighted by atomic mass is 10.2. The zero-order chi connectivity index (χ0) is 16.6.